The molecular formula is C16H23N5O2. The van der Waals surface area contributed by atoms with Crippen molar-refractivity contribution in [1.82, 2.24) is 15.2 Å². The molecule has 0 atom stereocenters. The average Bonchev–Trinajstić information content (AvgIpc) is 2.99. The van der Waals surface area contributed by atoms with Crippen LogP contribution in [0.5, 0.6) is 5.75 Å². The third kappa shape index (κ3) is 5.61. The van der Waals surface area contributed by atoms with E-state index in [2.05, 4.69) is 34.3 Å². The number of H-pyrrole nitrogens is 1. The molecule has 4 N–H and O–H groups in total. The highest BCUT2D eigenvalue weighted by atomic mass is 16.5. The Morgan fingerprint density at radius 2 is 2.26 bits per heavy atom. The molecule has 1 aromatic heterocycles. The van der Waals surface area contributed by atoms with Gasteiger partial charge in [-0.05, 0) is 36.5 Å². The highest BCUT2D eigenvalue weighted by Crippen LogP contribution is 2.23. The van der Waals surface area contributed by atoms with E-state index in [1.165, 1.54) is 6.33 Å². The average molecular weight is 317 g/mol. The van der Waals surface area contributed by atoms with E-state index in [1.807, 2.05) is 18.2 Å². The molecule has 0 unspecified atom stereocenters. The van der Waals surface area contributed by atoms with Gasteiger partial charge in [-0.1, -0.05) is 19.9 Å². The van der Waals surface area contributed by atoms with Gasteiger partial charge in [0.05, 0.1) is 12.3 Å². The standard InChI is InChI=1S/C16H23N5O2/c1-11(2)7-8-23-14-5-3-12(9-13(14)17)4-6-15(22)20-16-18-10-19-21-16/h3,5,9-11H,4,6-8,17H2,1-2H3,(H2,18,19,20,21,22). The first-order valence-electron chi connectivity index (χ1n) is 7.71. The lowest BCUT2D eigenvalue weighted by Gasteiger charge is -2.11. The van der Waals surface area contributed by atoms with Crippen molar-refractivity contribution in [3.8, 4) is 5.75 Å². The minimum absolute atomic E-state index is 0.127. The zero-order chi connectivity index (χ0) is 16.7. The van der Waals surface area contributed by atoms with Gasteiger partial charge in [-0.25, -0.2) is 5.10 Å². The molecule has 7 heteroatoms. The van der Waals surface area contributed by atoms with E-state index in [0.29, 0.717) is 42.8 Å². The van der Waals surface area contributed by atoms with Crippen molar-refractivity contribution in [1.29, 1.82) is 0 Å². The van der Waals surface area contributed by atoms with Gasteiger partial charge >= 0.3 is 0 Å². The van der Waals surface area contributed by atoms with Crippen molar-refractivity contribution in [3.05, 3.63) is 30.1 Å². The number of nitrogens with one attached hydrogen (secondary N) is 2. The summed E-state index contributed by atoms with van der Waals surface area (Å²) in [7, 11) is 0. The van der Waals surface area contributed by atoms with Crippen LogP contribution in [0.15, 0.2) is 24.5 Å². The lowest BCUT2D eigenvalue weighted by Crippen LogP contribution is -2.13. The SMILES string of the molecule is CC(C)CCOc1ccc(CCC(=O)Nc2ncn[nH]2)cc1N. The number of carbonyl (C=O) groups is 1. The Bertz CT molecular complexity index is 625. The summed E-state index contributed by atoms with van der Waals surface area (Å²) in [5.41, 5.74) is 7.60. The molecule has 2 rings (SSSR count). The Morgan fingerprint density at radius 3 is 2.91 bits per heavy atom. The Balaban J connectivity index is 1.81. The summed E-state index contributed by atoms with van der Waals surface area (Å²) >= 11 is 0. The molecule has 0 aliphatic heterocycles. The number of hydrogen-bond donors (Lipinski definition) is 3. The smallest absolute Gasteiger partial charge is 0.227 e. The second-order valence-electron chi connectivity index (χ2n) is 5.79. The number of aromatic amines is 1. The highest BCUT2D eigenvalue weighted by molar-refractivity contribution is 5.88. The van der Waals surface area contributed by atoms with E-state index in [0.717, 1.165) is 12.0 Å². The van der Waals surface area contributed by atoms with Crippen LogP contribution in [0.1, 0.15) is 32.3 Å². The fourth-order valence-corrected chi connectivity index (χ4v) is 2.01. The van der Waals surface area contributed by atoms with Gasteiger partial charge in [0.2, 0.25) is 11.9 Å². The van der Waals surface area contributed by atoms with Gasteiger partial charge in [0.1, 0.15) is 12.1 Å². The summed E-state index contributed by atoms with van der Waals surface area (Å²) < 4.78 is 5.67. The maximum Gasteiger partial charge on any atom is 0.227 e. The maximum absolute atomic E-state index is 11.8. The number of anilines is 2. The Morgan fingerprint density at radius 1 is 1.43 bits per heavy atom. The number of benzene rings is 1. The Labute approximate surface area is 135 Å². The third-order valence-electron chi connectivity index (χ3n) is 3.34. The quantitative estimate of drug-likeness (QED) is 0.648. The van der Waals surface area contributed by atoms with E-state index in [-0.39, 0.29) is 5.91 Å². The molecule has 23 heavy (non-hydrogen) atoms. The molecule has 2 aromatic rings. The van der Waals surface area contributed by atoms with Gasteiger partial charge in [0.15, 0.2) is 0 Å². The number of nitrogens with two attached hydrogens (primary N) is 1. The molecule has 0 saturated carbocycles. The molecule has 1 heterocycles. The first kappa shape index (κ1) is 16.8. The van der Waals surface area contributed by atoms with Gasteiger partial charge < -0.3 is 10.5 Å². The molecule has 0 spiro atoms. The number of nitrogen functional groups attached to an aromatic ring is 1. The molecule has 0 saturated heterocycles. The minimum atomic E-state index is -0.127. The van der Waals surface area contributed by atoms with Gasteiger partial charge in [-0.2, -0.15) is 10.1 Å². The Kier molecular flexibility index (Phi) is 5.96. The lowest BCUT2D eigenvalue weighted by atomic mass is 10.1. The molecule has 7 nitrogen and oxygen atoms in total. The molecule has 1 aromatic carbocycles. The monoisotopic (exact) mass is 317 g/mol. The number of rotatable bonds is 8. The third-order valence-corrected chi connectivity index (χ3v) is 3.34. The summed E-state index contributed by atoms with van der Waals surface area (Å²) in [5.74, 6) is 1.51. The van der Waals surface area contributed by atoms with Crippen LogP contribution in [0, 0.1) is 5.92 Å². The highest BCUT2D eigenvalue weighted by Gasteiger charge is 2.07. The van der Waals surface area contributed by atoms with E-state index < -0.39 is 0 Å². The van der Waals surface area contributed by atoms with Crippen LogP contribution in [-0.2, 0) is 11.2 Å². The zero-order valence-corrected chi connectivity index (χ0v) is 13.5. The van der Waals surface area contributed by atoms with Gasteiger partial charge in [0.25, 0.3) is 0 Å². The predicted octanol–water partition coefficient (Wildman–Crippen LogP) is 2.38. The first-order chi connectivity index (χ1) is 11.0. The molecule has 1 amide bonds. The number of hydrogen-bond acceptors (Lipinski definition) is 5. The summed E-state index contributed by atoms with van der Waals surface area (Å²) in [6, 6.07) is 5.65. The Hall–Kier alpha value is -2.57. The number of nitrogens with zero attached hydrogens (tertiary/aromatic N) is 2. The van der Waals surface area contributed by atoms with Crippen molar-refractivity contribution >= 4 is 17.5 Å². The fraction of sp³-hybridized carbons (Fsp3) is 0.438. The van der Waals surface area contributed by atoms with E-state index >= 15 is 0 Å². The number of ether oxygens (including phenoxy) is 1. The van der Waals surface area contributed by atoms with Crippen LogP contribution >= 0.6 is 0 Å². The molecule has 0 aliphatic rings. The summed E-state index contributed by atoms with van der Waals surface area (Å²) in [5, 5.41) is 8.88. The molecule has 0 radical (unpaired) electrons. The largest absolute Gasteiger partial charge is 0.491 e. The predicted molar refractivity (Wildman–Crippen MR) is 89.1 cm³/mol. The topological polar surface area (TPSA) is 106 Å². The van der Waals surface area contributed by atoms with Gasteiger partial charge in [0, 0.05) is 6.42 Å². The van der Waals surface area contributed by atoms with Crippen molar-refractivity contribution in [3.63, 3.8) is 0 Å². The van der Waals surface area contributed by atoms with Crippen LogP contribution in [0.2, 0.25) is 0 Å². The molecule has 124 valence electrons. The second-order valence-corrected chi connectivity index (χ2v) is 5.79. The summed E-state index contributed by atoms with van der Waals surface area (Å²) in [6.07, 6.45) is 3.27. The number of amides is 1. The lowest BCUT2D eigenvalue weighted by molar-refractivity contribution is -0.116. The van der Waals surface area contributed by atoms with E-state index in [4.69, 9.17) is 10.5 Å². The number of carbonyl (C=O) groups excluding carboxylic acids is 1. The van der Waals surface area contributed by atoms with Crippen LogP contribution in [0.25, 0.3) is 0 Å². The van der Waals surface area contributed by atoms with Crippen molar-refractivity contribution in [2.24, 2.45) is 5.92 Å². The van der Waals surface area contributed by atoms with Gasteiger partial charge in [-0.3, -0.25) is 10.1 Å². The van der Waals surface area contributed by atoms with Gasteiger partial charge in [-0.15, -0.1) is 0 Å². The van der Waals surface area contributed by atoms with Crippen LogP contribution in [0.3, 0.4) is 0 Å². The second kappa shape index (κ2) is 8.17. The normalized spacial score (nSPS) is 10.7. The van der Waals surface area contributed by atoms with Crippen molar-refractivity contribution in [2.75, 3.05) is 17.7 Å². The van der Waals surface area contributed by atoms with Crippen molar-refractivity contribution < 1.29 is 9.53 Å². The maximum atomic E-state index is 11.8. The van der Waals surface area contributed by atoms with Crippen LogP contribution in [0.4, 0.5) is 11.6 Å². The molecular weight excluding hydrogens is 294 g/mol. The fourth-order valence-electron chi connectivity index (χ4n) is 2.01. The van der Waals surface area contributed by atoms with Crippen LogP contribution in [-0.4, -0.2) is 27.7 Å². The summed E-state index contributed by atoms with van der Waals surface area (Å²) in [4.78, 5) is 15.6. The summed E-state index contributed by atoms with van der Waals surface area (Å²) in [6.45, 7) is 4.96. The van der Waals surface area contributed by atoms with Crippen LogP contribution < -0.4 is 15.8 Å². The van der Waals surface area contributed by atoms with E-state index in [9.17, 15) is 4.79 Å². The first-order valence-corrected chi connectivity index (χ1v) is 7.71. The molecule has 0 aliphatic carbocycles. The molecule has 0 fully saturated rings. The van der Waals surface area contributed by atoms with Crippen molar-refractivity contribution in [2.45, 2.75) is 33.1 Å². The molecule has 0 bridgehead atoms. The van der Waals surface area contributed by atoms with E-state index in [1.54, 1.807) is 0 Å². The minimum Gasteiger partial charge on any atom is -0.491 e. The number of aromatic nitrogens is 3. The zero-order valence-electron chi connectivity index (χ0n) is 13.5. The number of aryl methyl sites for hydroxylation is 1.